The summed E-state index contributed by atoms with van der Waals surface area (Å²) in [6.07, 6.45) is 14.2. The molecule has 2 aliphatic rings. The molecule has 2 atom stereocenters. The largest absolute Gasteiger partial charge is 0.0819 e. The summed E-state index contributed by atoms with van der Waals surface area (Å²) in [6.45, 7) is 2.29. The Bertz CT molecular complexity index is 190. The molecule has 0 heterocycles. The molecule has 0 amide bonds. The zero-order chi connectivity index (χ0) is 9.10. The van der Waals surface area contributed by atoms with Crippen molar-refractivity contribution in [2.75, 3.05) is 0 Å². The van der Waals surface area contributed by atoms with E-state index in [2.05, 4.69) is 13.0 Å². The van der Waals surface area contributed by atoms with Crippen LogP contribution in [0.5, 0.6) is 0 Å². The molecule has 1 saturated carbocycles. The highest BCUT2D eigenvalue weighted by Crippen LogP contribution is 2.45. The van der Waals surface area contributed by atoms with Crippen LogP contribution in [-0.2, 0) is 0 Å². The third-order valence-corrected chi connectivity index (χ3v) is 3.77. The van der Waals surface area contributed by atoms with Gasteiger partial charge in [0.05, 0.1) is 0 Å². The summed E-state index contributed by atoms with van der Waals surface area (Å²) >= 11 is 0. The van der Waals surface area contributed by atoms with Gasteiger partial charge in [0.2, 0.25) is 0 Å². The minimum absolute atomic E-state index is 0.992. The zero-order valence-corrected chi connectivity index (χ0v) is 8.89. The second-order valence-electron chi connectivity index (χ2n) is 4.82. The number of hydrogen-bond acceptors (Lipinski definition) is 0. The van der Waals surface area contributed by atoms with Crippen LogP contribution < -0.4 is 0 Å². The summed E-state index contributed by atoms with van der Waals surface area (Å²) in [5.74, 6) is 2.01. The second kappa shape index (κ2) is 4.30. The topological polar surface area (TPSA) is 0 Å². The fourth-order valence-electron chi connectivity index (χ4n) is 2.99. The van der Waals surface area contributed by atoms with Crippen LogP contribution in [0, 0.1) is 11.8 Å². The molecule has 2 unspecified atom stereocenters. The Hall–Kier alpha value is -0.260. The third-order valence-electron chi connectivity index (χ3n) is 3.77. The van der Waals surface area contributed by atoms with Gasteiger partial charge in [-0.15, -0.1) is 0 Å². The van der Waals surface area contributed by atoms with Gasteiger partial charge >= 0.3 is 0 Å². The maximum atomic E-state index is 2.60. The van der Waals surface area contributed by atoms with Gasteiger partial charge in [-0.3, -0.25) is 0 Å². The zero-order valence-electron chi connectivity index (χ0n) is 8.89. The quantitative estimate of drug-likeness (QED) is 0.434. The van der Waals surface area contributed by atoms with E-state index in [1.165, 1.54) is 51.4 Å². The Labute approximate surface area is 82.4 Å². The van der Waals surface area contributed by atoms with Gasteiger partial charge in [0, 0.05) is 0 Å². The van der Waals surface area contributed by atoms with E-state index in [1.807, 2.05) is 5.57 Å². The van der Waals surface area contributed by atoms with E-state index in [1.54, 1.807) is 0 Å². The lowest BCUT2D eigenvalue weighted by Crippen LogP contribution is -1.97. The standard InChI is InChI=1S/C13H22/c1-2-3-4-5-6-12-9-11-7-8-13(12)10-11/h9,11,13H,2-8,10H2,1H3. The van der Waals surface area contributed by atoms with Gasteiger partial charge in [-0.05, 0) is 43.9 Å². The van der Waals surface area contributed by atoms with Crippen LogP contribution >= 0.6 is 0 Å². The first kappa shape index (κ1) is 9.30. The van der Waals surface area contributed by atoms with Crippen molar-refractivity contribution in [1.82, 2.24) is 0 Å². The van der Waals surface area contributed by atoms with Crippen molar-refractivity contribution in [2.45, 2.75) is 58.3 Å². The summed E-state index contributed by atoms with van der Waals surface area (Å²) in [6, 6.07) is 0. The van der Waals surface area contributed by atoms with E-state index in [0.717, 1.165) is 11.8 Å². The molecule has 13 heavy (non-hydrogen) atoms. The predicted octanol–water partition coefficient (Wildman–Crippen LogP) is 4.31. The fourth-order valence-corrected chi connectivity index (χ4v) is 2.99. The van der Waals surface area contributed by atoms with Crippen LogP contribution in [0.2, 0.25) is 0 Å². The van der Waals surface area contributed by atoms with Crippen LogP contribution in [0.1, 0.15) is 58.3 Å². The molecule has 2 rings (SSSR count). The van der Waals surface area contributed by atoms with Crippen LogP contribution in [0.25, 0.3) is 0 Å². The number of hydrogen-bond donors (Lipinski definition) is 0. The molecule has 0 radical (unpaired) electrons. The molecule has 0 nitrogen and oxygen atoms in total. The lowest BCUT2D eigenvalue weighted by molar-refractivity contribution is 0.588. The van der Waals surface area contributed by atoms with Gasteiger partial charge in [0.1, 0.15) is 0 Å². The molecule has 2 bridgehead atoms. The number of rotatable bonds is 5. The van der Waals surface area contributed by atoms with E-state index in [9.17, 15) is 0 Å². The first-order valence-corrected chi connectivity index (χ1v) is 6.10. The summed E-state index contributed by atoms with van der Waals surface area (Å²) in [7, 11) is 0. The van der Waals surface area contributed by atoms with Crippen molar-refractivity contribution in [2.24, 2.45) is 11.8 Å². The molecule has 0 heteroatoms. The molecule has 1 fully saturated rings. The minimum Gasteiger partial charge on any atom is -0.0819 e. The number of fused-ring (bicyclic) bond motifs is 2. The number of allylic oxidation sites excluding steroid dienone is 2. The van der Waals surface area contributed by atoms with E-state index < -0.39 is 0 Å². The van der Waals surface area contributed by atoms with Crippen molar-refractivity contribution >= 4 is 0 Å². The monoisotopic (exact) mass is 178 g/mol. The Morgan fingerprint density at radius 2 is 2.15 bits per heavy atom. The average molecular weight is 178 g/mol. The predicted molar refractivity (Wildman–Crippen MR) is 57.7 cm³/mol. The summed E-state index contributed by atoms with van der Waals surface area (Å²) in [5, 5.41) is 0. The first-order chi connectivity index (χ1) is 6.40. The highest BCUT2D eigenvalue weighted by molar-refractivity contribution is 5.19. The molecular weight excluding hydrogens is 156 g/mol. The molecule has 74 valence electrons. The van der Waals surface area contributed by atoms with Crippen molar-refractivity contribution in [3.63, 3.8) is 0 Å². The van der Waals surface area contributed by atoms with Gasteiger partial charge in [-0.2, -0.15) is 0 Å². The SMILES string of the molecule is CCCCCCC1=CC2CCC1C2. The van der Waals surface area contributed by atoms with Gasteiger partial charge < -0.3 is 0 Å². The van der Waals surface area contributed by atoms with Gasteiger partial charge in [-0.1, -0.05) is 37.8 Å². The maximum Gasteiger partial charge on any atom is -0.0197 e. The molecule has 0 N–H and O–H groups in total. The molecule has 0 spiro atoms. The summed E-state index contributed by atoms with van der Waals surface area (Å²) in [4.78, 5) is 0. The fraction of sp³-hybridized carbons (Fsp3) is 0.846. The van der Waals surface area contributed by atoms with E-state index in [4.69, 9.17) is 0 Å². The van der Waals surface area contributed by atoms with E-state index in [-0.39, 0.29) is 0 Å². The Morgan fingerprint density at radius 3 is 2.77 bits per heavy atom. The van der Waals surface area contributed by atoms with E-state index >= 15 is 0 Å². The van der Waals surface area contributed by atoms with Crippen LogP contribution in [-0.4, -0.2) is 0 Å². The van der Waals surface area contributed by atoms with Crippen LogP contribution in [0.15, 0.2) is 11.6 Å². The molecule has 0 aromatic carbocycles. The molecule has 0 aromatic heterocycles. The highest BCUT2D eigenvalue weighted by atomic mass is 14.4. The van der Waals surface area contributed by atoms with Crippen molar-refractivity contribution in [1.29, 1.82) is 0 Å². The van der Waals surface area contributed by atoms with Crippen LogP contribution in [0.4, 0.5) is 0 Å². The van der Waals surface area contributed by atoms with Gasteiger partial charge in [0.15, 0.2) is 0 Å². The Morgan fingerprint density at radius 1 is 1.23 bits per heavy atom. The summed E-state index contributed by atoms with van der Waals surface area (Å²) < 4.78 is 0. The first-order valence-electron chi connectivity index (χ1n) is 6.10. The normalized spacial score (nSPS) is 31.0. The van der Waals surface area contributed by atoms with Crippen LogP contribution in [0.3, 0.4) is 0 Å². The molecular formula is C13H22. The molecule has 2 aliphatic carbocycles. The lowest BCUT2D eigenvalue weighted by Gasteiger charge is -2.12. The lowest BCUT2D eigenvalue weighted by atomic mass is 9.94. The van der Waals surface area contributed by atoms with Gasteiger partial charge in [-0.25, -0.2) is 0 Å². The van der Waals surface area contributed by atoms with Crippen molar-refractivity contribution in [3.05, 3.63) is 11.6 Å². The number of unbranched alkanes of at least 4 members (excludes halogenated alkanes) is 3. The summed E-state index contributed by atoms with van der Waals surface area (Å²) in [5.41, 5.74) is 1.83. The second-order valence-corrected chi connectivity index (χ2v) is 4.82. The molecule has 0 saturated heterocycles. The average Bonchev–Trinajstić information content (AvgIpc) is 2.73. The smallest absolute Gasteiger partial charge is 0.0197 e. The molecule has 0 aromatic rings. The van der Waals surface area contributed by atoms with Crippen molar-refractivity contribution < 1.29 is 0 Å². The Balaban J connectivity index is 1.68. The molecule has 0 aliphatic heterocycles. The minimum atomic E-state index is 0.992. The highest BCUT2D eigenvalue weighted by Gasteiger charge is 2.31. The van der Waals surface area contributed by atoms with Gasteiger partial charge in [0.25, 0.3) is 0 Å². The van der Waals surface area contributed by atoms with Crippen molar-refractivity contribution in [3.8, 4) is 0 Å². The van der Waals surface area contributed by atoms with E-state index in [0.29, 0.717) is 0 Å². The third kappa shape index (κ3) is 2.15. The maximum absolute atomic E-state index is 2.60. The Kier molecular flexibility index (Phi) is 3.08.